The van der Waals surface area contributed by atoms with Crippen molar-refractivity contribution < 1.29 is 4.92 Å². The lowest BCUT2D eigenvalue weighted by Gasteiger charge is -2.25. The predicted molar refractivity (Wildman–Crippen MR) is 81.3 cm³/mol. The van der Waals surface area contributed by atoms with E-state index < -0.39 is 4.92 Å². The van der Waals surface area contributed by atoms with Crippen molar-refractivity contribution >= 4 is 22.7 Å². The monoisotopic (exact) mass is 299 g/mol. The molecule has 1 aromatic carbocycles. The van der Waals surface area contributed by atoms with E-state index in [0.29, 0.717) is 11.6 Å². The third kappa shape index (κ3) is 2.88. The van der Waals surface area contributed by atoms with Gasteiger partial charge in [-0.1, -0.05) is 0 Å². The van der Waals surface area contributed by atoms with Gasteiger partial charge in [-0.15, -0.1) is 0 Å². The predicted octanol–water partition coefficient (Wildman–Crippen LogP) is 3.70. The number of rotatable bonds is 5. The van der Waals surface area contributed by atoms with E-state index in [1.807, 2.05) is 5.38 Å². The quantitative estimate of drug-likeness (QED) is 0.623. The molecule has 0 unspecified atom stereocenters. The van der Waals surface area contributed by atoms with Gasteiger partial charge in [0.1, 0.15) is 6.07 Å². The molecule has 0 saturated heterocycles. The summed E-state index contributed by atoms with van der Waals surface area (Å²) in [6.07, 6.45) is 2.21. The highest BCUT2D eigenvalue weighted by molar-refractivity contribution is 7.07. The highest BCUT2D eigenvalue weighted by Crippen LogP contribution is 2.36. The molecule has 1 aromatic heterocycles. The van der Waals surface area contributed by atoms with Crippen molar-refractivity contribution in [1.82, 2.24) is 0 Å². The summed E-state index contributed by atoms with van der Waals surface area (Å²) in [5.41, 5.74) is 2.32. The van der Waals surface area contributed by atoms with Crippen LogP contribution in [0.4, 0.5) is 11.4 Å². The Bertz CT molecular complexity index is 702. The molecule has 1 saturated carbocycles. The zero-order chi connectivity index (χ0) is 14.8. The summed E-state index contributed by atoms with van der Waals surface area (Å²) in [7, 11) is 0. The first-order chi connectivity index (χ1) is 10.2. The summed E-state index contributed by atoms with van der Waals surface area (Å²) in [5, 5.41) is 24.3. The highest BCUT2D eigenvalue weighted by Gasteiger charge is 2.31. The van der Waals surface area contributed by atoms with Crippen molar-refractivity contribution in [2.45, 2.75) is 25.4 Å². The summed E-state index contributed by atoms with van der Waals surface area (Å²) < 4.78 is 0. The minimum absolute atomic E-state index is 0.0402. The molecule has 0 amide bonds. The maximum atomic E-state index is 10.8. The number of nitrogens with zero attached hydrogens (tertiary/aromatic N) is 3. The second-order valence-corrected chi connectivity index (χ2v) is 5.84. The first kappa shape index (κ1) is 13.6. The molecule has 1 aliphatic carbocycles. The second-order valence-electron chi connectivity index (χ2n) is 5.06. The van der Waals surface area contributed by atoms with Gasteiger partial charge in [0.15, 0.2) is 0 Å². The molecule has 21 heavy (non-hydrogen) atoms. The zero-order valence-electron chi connectivity index (χ0n) is 11.2. The van der Waals surface area contributed by atoms with Crippen molar-refractivity contribution in [1.29, 1.82) is 5.26 Å². The van der Waals surface area contributed by atoms with Crippen LogP contribution in [-0.4, -0.2) is 11.0 Å². The molecule has 1 fully saturated rings. The molecule has 1 heterocycles. The third-order valence-electron chi connectivity index (χ3n) is 3.54. The molecule has 6 heteroatoms. The van der Waals surface area contributed by atoms with Crippen LogP contribution >= 0.6 is 11.3 Å². The summed E-state index contributed by atoms with van der Waals surface area (Å²) in [6, 6.07) is 9.11. The summed E-state index contributed by atoms with van der Waals surface area (Å²) >= 11 is 1.64. The van der Waals surface area contributed by atoms with Crippen LogP contribution in [0, 0.1) is 21.4 Å². The fourth-order valence-corrected chi connectivity index (χ4v) is 3.01. The highest BCUT2D eigenvalue weighted by atomic mass is 32.1. The van der Waals surface area contributed by atoms with Crippen molar-refractivity contribution in [2.75, 3.05) is 4.90 Å². The average Bonchev–Trinajstić information content (AvgIpc) is 3.21. The van der Waals surface area contributed by atoms with Crippen LogP contribution in [0.5, 0.6) is 0 Å². The van der Waals surface area contributed by atoms with Crippen LogP contribution in [0.1, 0.15) is 24.0 Å². The molecule has 2 aromatic rings. The van der Waals surface area contributed by atoms with Gasteiger partial charge in [-0.3, -0.25) is 10.1 Å². The summed E-state index contributed by atoms with van der Waals surface area (Å²) in [5.74, 6) is 0. The SMILES string of the molecule is N#Cc1cc([N+](=O)[O-])ccc1N(Cc1ccsc1)C1CC1. The number of anilines is 1. The Morgan fingerprint density at radius 2 is 2.24 bits per heavy atom. The number of nitro benzene ring substituents is 1. The molecule has 5 nitrogen and oxygen atoms in total. The number of thiophene rings is 1. The van der Waals surface area contributed by atoms with E-state index in [4.69, 9.17) is 0 Å². The number of nitro groups is 1. The van der Waals surface area contributed by atoms with E-state index in [-0.39, 0.29) is 5.69 Å². The number of non-ortho nitro benzene ring substituents is 1. The standard InChI is InChI=1S/C15H13N3O2S/c16-8-12-7-14(18(19)20)3-4-15(12)17(13-1-2-13)9-11-5-6-21-10-11/h3-7,10,13H,1-2,9H2. The van der Waals surface area contributed by atoms with Gasteiger partial charge in [-0.2, -0.15) is 16.6 Å². The van der Waals surface area contributed by atoms with E-state index in [0.717, 1.165) is 25.1 Å². The number of hydrogen-bond acceptors (Lipinski definition) is 5. The van der Waals surface area contributed by atoms with Crippen molar-refractivity contribution in [3.05, 3.63) is 56.3 Å². The van der Waals surface area contributed by atoms with Crippen LogP contribution in [0.15, 0.2) is 35.0 Å². The molecule has 0 N–H and O–H groups in total. The van der Waals surface area contributed by atoms with E-state index in [1.54, 1.807) is 17.4 Å². The maximum Gasteiger partial charge on any atom is 0.270 e. The fourth-order valence-electron chi connectivity index (χ4n) is 2.35. The molecule has 0 atom stereocenters. The molecular weight excluding hydrogens is 286 g/mol. The Kier molecular flexibility index (Phi) is 3.59. The van der Waals surface area contributed by atoms with Crippen LogP contribution in [-0.2, 0) is 6.54 Å². The largest absolute Gasteiger partial charge is 0.363 e. The zero-order valence-corrected chi connectivity index (χ0v) is 12.0. The van der Waals surface area contributed by atoms with Crippen LogP contribution in [0.25, 0.3) is 0 Å². The Morgan fingerprint density at radius 1 is 1.43 bits per heavy atom. The van der Waals surface area contributed by atoms with E-state index in [2.05, 4.69) is 22.4 Å². The minimum atomic E-state index is -0.467. The van der Waals surface area contributed by atoms with E-state index >= 15 is 0 Å². The van der Waals surface area contributed by atoms with Crippen molar-refractivity contribution in [2.24, 2.45) is 0 Å². The van der Waals surface area contributed by atoms with Crippen LogP contribution in [0.2, 0.25) is 0 Å². The van der Waals surface area contributed by atoms with Gasteiger partial charge in [-0.25, -0.2) is 0 Å². The first-order valence-electron chi connectivity index (χ1n) is 6.65. The third-order valence-corrected chi connectivity index (χ3v) is 4.27. The lowest BCUT2D eigenvalue weighted by atomic mass is 10.1. The molecule has 1 aliphatic rings. The van der Waals surface area contributed by atoms with Crippen molar-refractivity contribution in [3.8, 4) is 6.07 Å². The first-order valence-corrected chi connectivity index (χ1v) is 7.59. The number of hydrogen-bond donors (Lipinski definition) is 0. The molecule has 106 valence electrons. The van der Waals surface area contributed by atoms with Crippen molar-refractivity contribution in [3.63, 3.8) is 0 Å². The van der Waals surface area contributed by atoms with E-state index in [1.165, 1.54) is 17.7 Å². The van der Waals surface area contributed by atoms with Crippen LogP contribution in [0.3, 0.4) is 0 Å². The van der Waals surface area contributed by atoms with Gasteiger partial charge in [0.05, 0.1) is 16.2 Å². The fraction of sp³-hybridized carbons (Fsp3) is 0.267. The summed E-state index contributed by atoms with van der Waals surface area (Å²) in [4.78, 5) is 12.6. The lowest BCUT2D eigenvalue weighted by Crippen LogP contribution is -2.25. The number of nitriles is 1. The molecular formula is C15H13N3O2S. The minimum Gasteiger partial charge on any atom is -0.363 e. The lowest BCUT2D eigenvalue weighted by molar-refractivity contribution is -0.384. The van der Waals surface area contributed by atoms with Crippen LogP contribution < -0.4 is 4.90 Å². The van der Waals surface area contributed by atoms with Gasteiger partial charge in [0.25, 0.3) is 5.69 Å². The van der Waals surface area contributed by atoms with Gasteiger partial charge >= 0.3 is 0 Å². The van der Waals surface area contributed by atoms with Gasteiger partial charge in [0.2, 0.25) is 0 Å². The van der Waals surface area contributed by atoms with Gasteiger partial charge < -0.3 is 4.90 Å². The molecule has 3 rings (SSSR count). The second kappa shape index (κ2) is 5.54. The molecule has 0 radical (unpaired) electrons. The summed E-state index contributed by atoms with van der Waals surface area (Å²) in [6.45, 7) is 0.737. The Labute approximate surface area is 126 Å². The van der Waals surface area contributed by atoms with E-state index in [9.17, 15) is 15.4 Å². The smallest absolute Gasteiger partial charge is 0.270 e. The van der Waals surface area contributed by atoms with Gasteiger partial charge in [-0.05, 0) is 41.3 Å². The molecule has 0 spiro atoms. The van der Waals surface area contributed by atoms with Gasteiger partial charge in [0, 0.05) is 24.7 Å². The Morgan fingerprint density at radius 3 is 2.81 bits per heavy atom. The molecule has 0 bridgehead atoms. The Hall–Kier alpha value is -2.39. The maximum absolute atomic E-state index is 10.8. The molecule has 0 aliphatic heterocycles. The average molecular weight is 299 g/mol. The normalized spacial score (nSPS) is 13.7. The topological polar surface area (TPSA) is 70.2 Å². The Balaban J connectivity index is 1.95. The number of benzene rings is 1.